The fourth-order valence-corrected chi connectivity index (χ4v) is 1.34. The summed E-state index contributed by atoms with van der Waals surface area (Å²) >= 11 is 2.72. The molecule has 15 heavy (non-hydrogen) atoms. The van der Waals surface area contributed by atoms with E-state index in [4.69, 9.17) is 0 Å². The average molecular weight is 283 g/mol. The lowest BCUT2D eigenvalue weighted by Crippen LogP contribution is -2.21. The smallest absolute Gasteiger partial charge is 0.354 e. The Labute approximate surface area is 91.8 Å². The SMILES string of the molecule is CNC(=O)c1ccc(Br)c(C(F)(F)F)n1. The zero-order valence-corrected chi connectivity index (χ0v) is 9.11. The van der Waals surface area contributed by atoms with Gasteiger partial charge in [-0.1, -0.05) is 0 Å². The number of hydrogen-bond acceptors (Lipinski definition) is 2. The van der Waals surface area contributed by atoms with E-state index in [1.807, 2.05) is 0 Å². The lowest BCUT2D eigenvalue weighted by molar-refractivity contribution is -0.141. The number of halogens is 4. The predicted molar refractivity (Wildman–Crippen MR) is 50.3 cm³/mol. The minimum absolute atomic E-state index is 0.192. The summed E-state index contributed by atoms with van der Waals surface area (Å²) in [6.07, 6.45) is -4.58. The van der Waals surface area contributed by atoms with Gasteiger partial charge in [0.15, 0.2) is 5.69 Å². The maximum Gasteiger partial charge on any atom is 0.434 e. The zero-order valence-electron chi connectivity index (χ0n) is 7.52. The van der Waals surface area contributed by atoms with Crippen molar-refractivity contribution in [3.8, 4) is 0 Å². The van der Waals surface area contributed by atoms with Crippen LogP contribution in [0.3, 0.4) is 0 Å². The second-order valence-electron chi connectivity index (χ2n) is 2.60. The predicted octanol–water partition coefficient (Wildman–Crippen LogP) is 2.22. The zero-order chi connectivity index (χ0) is 11.6. The van der Waals surface area contributed by atoms with E-state index in [9.17, 15) is 18.0 Å². The van der Waals surface area contributed by atoms with Gasteiger partial charge in [0.2, 0.25) is 0 Å². The standard InChI is InChI=1S/C8H6BrF3N2O/c1-13-7(15)5-3-2-4(9)6(14-5)8(10,11)12/h2-3H,1H3,(H,13,15). The van der Waals surface area contributed by atoms with Crippen molar-refractivity contribution in [3.63, 3.8) is 0 Å². The summed E-state index contributed by atoms with van der Waals surface area (Å²) in [7, 11) is 1.32. The van der Waals surface area contributed by atoms with Gasteiger partial charge in [0.05, 0.1) is 0 Å². The van der Waals surface area contributed by atoms with Gasteiger partial charge < -0.3 is 5.32 Å². The molecule has 1 aromatic heterocycles. The number of aromatic nitrogens is 1. The van der Waals surface area contributed by atoms with Crippen molar-refractivity contribution in [2.45, 2.75) is 6.18 Å². The van der Waals surface area contributed by atoms with Crippen LogP contribution in [0.15, 0.2) is 16.6 Å². The number of carbonyl (C=O) groups excluding carboxylic acids is 1. The quantitative estimate of drug-likeness (QED) is 0.858. The fourth-order valence-electron chi connectivity index (χ4n) is 0.895. The van der Waals surface area contributed by atoms with Gasteiger partial charge in [-0.15, -0.1) is 0 Å². The Balaban J connectivity index is 3.23. The molecule has 82 valence electrons. The molecule has 1 aromatic rings. The summed E-state index contributed by atoms with van der Waals surface area (Å²) in [5.74, 6) is -0.659. The van der Waals surface area contributed by atoms with Crippen LogP contribution in [0.1, 0.15) is 16.2 Å². The molecule has 0 spiro atoms. The molecular formula is C8H6BrF3N2O. The minimum atomic E-state index is -4.58. The van der Waals surface area contributed by atoms with Gasteiger partial charge in [-0.2, -0.15) is 13.2 Å². The van der Waals surface area contributed by atoms with E-state index >= 15 is 0 Å². The first kappa shape index (κ1) is 12.0. The first-order valence-electron chi connectivity index (χ1n) is 3.82. The van der Waals surface area contributed by atoms with Gasteiger partial charge in [-0.3, -0.25) is 4.79 Å². The van der Waals surface area contributed by atoms with Crippen molar-refractivity contribution in [2.75, 3.05) is 7.05 Å². The van der Waals surface area contributed by atoms with Gasteiger partial charge in [-0.25, -0.2) is 4.98 Å². The van der Waals surface area contributed by atoms with Crippen LogP contribution in [0, 0.1) is 0 Å². The van der Waals surface area contributed by atoms with Gasteiger partial charge >= 0.3 is 6.18 Å². The molecule has 0 aromatic carbocycles. The lowest BCUT2D eigenvalue weighted by atomic mass is 10.3. The van der Waals surface area contributed by atoms with E-state index < -0.39 is 17.8 Å². The van der Waals surface area contributed by atoms with Crippen LogP contribution in [-0.2, 0) is 6.18 Å². The van der Waals surface area contributed by atoms with Crippen molar-refractivity contribution >= 4 is 21.8 Å². The first-order chi connectivity index (χ1) is 6.86. The Hall–Kier alpha value is -1.11. The molecule has 0 aliphatic carbocycles. The van der Waals surface area contributed by atoms with E-state index in [0.717, 1.165) is 6.07 Å². The van der Waals surface area contributed by atoms with E-state index in [2.05, 4.69) is 26.2 Å². The van der Waals surface area contributed by atoms with Crippen LogP contribution < -0.4 is 5.32 Å². The summed E-state index contributed by atoms with van der Waals surface area (Å²) in [6, 6.07) is 2.35. The number of amides is 1. The number of alkyl halides is 3. The van der Waals surface area contributed by atoms with Crippen molar-refractivity contribution in [3.05, 3.63) is 28.0 Å². The molecule has 0 fully saturated rings. The fraction of sp³-hybridized carbons (Fsp3) is 0.250. The van der Waals surface area contributed by atoms with Crippen LogP contribution in [0.4, 0.5) is 13.2 Å². The number of nitrogens with zero attached hydrogens (tertiary/aromatic N) is 1. The molecule has 1 rings (SSSR count). The molecule has 0 radical (unpaired) electrons. The molecule has 0 aliphatic rings. The van der Waals surface area contributed by atoms with Crippen LogP contribution in [-0.4, -0.2) is 17.9 Å². The number of pyridine rings is 1. The number of rotatable bonds is 1. The lowest BCUT2D eigenvalue weighted by Gasteiger charge is -2.09. The molecule has 1 amide bonds. The number of nitrogens with one attached hydrogen (secondary N) is 1. The molecule has 0 saturated carbocycles. The molecular weight excluding hydrogens is 277 g/mol. The first-order valence-corrected chi connectivity index (χ1v) is 4.61. The molecule has 0 saturated heterocycles. The van der Waals surface area contributed by atoms with E-state index in [-0.39, 0.29) is 10.2 Å². The largest absolute Gasteiger partial charge is 0.434 e. The third kappa shape index (κ3) is 2.68. The molecule has 0 unspecified atom stereocenters. The summed E-state index contributed by atoms with van der Waals surface area (Å²) in [5.41, 5.74) is -1.38. The molecule has 0 atom stereocenters. The third-order valence-corrected chi connectivity index (χ3v) is 2.21. The number of carbonyl (C=O) groups is 1. The summed E-state index contributed by atoms with van der Waals surface area (Å²) in [5, 5.41) is 2.20. The molecule has 1 heterocycles. The Morgan fingerprint density at radius 1 is 1.47 bits per heavy atom. The second-order valence-corrected chi connectivity index (χ2v) is 3.46. The summed E-state index contributed by atoms with van der Waals surface area (Å²) < 4.78 is 36.9. The molecule has 1 N–H and O–H groups in total. The molecule has 3 nitrogen and oxygen atoms in total. The van der Waals surface area contributed by atoms with Crippen LogP contribution in [0.5, 0.6) is 0 Å². The van der Waals surface area contributed by atoms with Crippen molar-refractivity contribution < 1.29 is 18.0 Å². The van der Waals surface area contributed by atoms with Gasteiger partial charge in [0, 0.05) is 11.5 Å². The Morgan fingerprint density at radius 3 is 2.53 bits per heavy atom. The van der Waals surface area contributed by atoms with Crippen LogP contribution in [0.25, 0.3) is 0 Å². The molecule has 7 heteroatoms. The Bertz CT molecular complexity index is 392. The Morgan fingerprint density at radius 2 is 2.07 bits per heavy atom. The summed E-state index contributed by atoms with van der Waals surface area (Å²) in [4.78, 5) is 14.3. The highest BCUT2D eigenvalue weighted by atomic mass is 79.9. The highest BCUT2D eigenvalue weighted by Gasteiger charge is 2.35. The highest BCUT2D eigenvalue weighted by molar-refractivity contribution is 9.10. The van der Waals surface area contributed by atoms with Crippen molar-refractivity contribution in [1.29, 1.82) is 0 Å². The van der Waals surface area contributed by atoms with E-state index in [1.165, 1.54) is 13.1 Å². The van der Waals surface area contributed by atoms with Crippen molar-refractivity contribution in [2.24, 2.45) is 0 Å². The summed E-state index contributed by atoms with van der Waals surface area (Å²) in [6.45, 7) is 0. The number of hydrogen-bond donors (Lipinski definition) is 1. The Kier molecular flexibility index (Phi) is 3.33. The van der Waals surface area contributed by atoms with Gasteiger partial charge in [0.1, 0.15) is 5.69 Å². The maximum absolute atomic E-state index is 12.4. The van der Waals surface area contributed by atoms with Crippen LogP contribution >= 0.6 is 15.9 Å². The molecule has 0 aliphatic heterocycles. The average Bonchev–Trinajstić information content (AvgIpc) is 2.15. The minimum Gasteiger partial charge on any atom is -0.354 e. The maximum atomic E-state index is 12.4. The highest BCUT2D eigenvalue weighted by Crippen LogP contribution is 2.33. The second kappa shape index (κ2) is 4.18. The van der Waals surface area contributed by atoms with Gasteiger partial charge in [0.25, 0.3) is 5.91 Å². The monoisotopic (exact) mass is 282 g/mol. The van der Waals surface area contributed by atoms with Crippen LogP contribution in [0.2, 0.25) is 0 Å². The normalized spacial score (nSPS) is 11.3. The van der Waals surface area contributed by atoms with Gasteiger partial charge in [-0.05, 0) is 28.1 Å². The third-order valence-electron chi connectivity index (χ3n) is 1.57. The molecule has 0 bridgehead atoms. The topological polar surface area (TPSA) is 42.0 Å². The van der Waals surface area contributed by atoms with E-state index in [0.29, 0.717) is 0 Å². The van der Waals surface area contributed by atoms with Crippen molar-refractivity contribution in [1.82, 2.24) is 10.3 Å². The van der Waals surface area contributed by atoms with E-state index in [1.54, 1.807) is 0 Å².